The first-order chi connectivity index (χ1) is 8.50. The van der Waals surface area contributed by atoms with Crippen molar-refractivity contribution in [3.05, 3.63) is 27.7 Å². The predicted octanol–water partition coefficient (Wildman–Crippen LogP) is 2.55. The topological polar surface area (TPSA) is 58.2 Å². The van der Waals surface area contributed by atoms with Crippen LogP contribution in [0.3, 0.4) is 0 Å². The van der Waals surface area contributed by atoms with Crippen molar-refractivity contribution >= 4 is 50.0 Å². The Bertz CT molecular complexity index is 513. The smallest absolute Gasteiger partial charge is 0.243 e. The molecule has 2 rings (SSSR count). The molecule has 0 aromatic heterocycles. The summed E-state index contributed by atoms with van der Waals surface area (Å²) in [5, 5.41) is 3.46. The Kier molecular flexibility index (Phi) is 6.56. The summed E-state index contributed by atoms with van der Waals surface area (Å²) >= 11 is 9.16. The van der Waals surface area contributed by atoms with Gasteiger partial charge in [0.15, 0.2) is 0 Å². The van der Waals surface area contributed by atoms with Crippen LogP contribution in [-0.2, 0) is 10.0 Å². The van der Waals surface area contributed by atoms with Gasteiger partial charge < -0.3 is 5.32 Å². The normalized spacial score (nSPS) is 19.2. The van der Waals surface area contributed by atoms with Gasteiger partial charge in [-0.25, -0.2) is 13.1 Å². The van der Waals surface area contributed by atoms with Crippen LogP contribution in [0.15, 0.2) is 27.6 Å². The highest BCUT2D eigenvalue weighted by atomic mass is 79.9. The van der Waals surface area contributed by atoms with E-state index in [-0.39, 0.29) is 28.4 Å². The first kappa shape index (κ1) is 17.2. The van der Waals surface area contributed by atoms with Crippen LogP contribution in [0.4, 0.5) is 0 Å². The molecule has 1 heterocycles. The number of nitrogens with one attached hydrogen (secondary N) is 2. The second-order valence-corrected chi connectivity index (χ2v) is 7.16. The van der Waals surface area contributed by atoms with Crippen molar-refractivity contribution in [2.45, 2.75) is 23.8 Å². The van der Waals surface area contributed by atoms with Gasteiger partial charge in [0, 0.05) is 17.1 Å². The van der Waals surface area contributed by atoms with Crippen molar-refractivity contribution in [1.29, 1.82) is 0 Å². The number of hydrogen-bond acceptors (Lipinski definition) is 3. The molecule has 2 N–H and O–H groups in total. The first-order valence-corrected chi connectivity index (χ1v) is 8.33. The summed E-state index contributed by atoms with van der Waals surface area (Å²) in [5.74, 6) is 0. The highest BCUT2D eigenvalue weighted by Gasteiger charge is 2.23. The van der Waals surface area contributed by atoms with E-state index in [2.05, 4.69) is 26.0 Å². The van der Waals surface area contributed by atoms with Crippen LogP contribution in [0.2, 0.25) is 5.02 Å². The van der Waals surface area contributed by atoms with E-state index in [0.717, 1.165) is 19.4 Å². The SMILES string of the molecule is Cl.O=S(=O)(NCC1CCCN1)c1c(Cl)cccc1Br. The largest absolute Gasteiger partial charge is 0.313 e. The average molecular weight is 390 g/mol. The van der Waals surface area contributed by atoms with E-state index in [1.807, 2.05) is 0 Å². The lowest BCUT2D eigenvalue weighted by Crippen LogP contribution is -2.37. The molecular weight excluding hydrogens is 375 g/mol. The van der Waals surface area contributed by atoms with E-state index in [1.165, 1.54) is 0 Å². The van der Waals surface area contributed by atoms with Crippen molar-refractivity contribution in [3.63, 3.8) is 0 Å². The molecule has 0 aliphatic carbocycles. The summed E-state index contributed by atoms with van der Waals surface area (Å²) < 4.78 is 27.4. The van der Waals surface area contributed by atoms with Crippen molar-refractivity contribution < 1.29 is 8.42 Å². The minimum Gasteiger partial charge on any atom is -0.313 e. The lowest BCUT2D eigenvalue weighted by atomic mass is 10.2. The Labute approximate surface area is 132 Å². The molecule has 0 spiro atoms. The Morgan fingerprint density at radius 2 is 2.21 bits per heavy atom. The molecule has 0 amide bonds. The summed E-state index contributed by atoms with van der Waals surface area (Å²) in [6, 6.07) is 5.13. The minimum absolute atomic E-state index is 0. The molecule has 1 atom stereocenters. The molecule has 0 saturated carbocycles. The van der Waals surface area contributed by atoms with E-state index >= 15 is 0 Å². The monoisotopic (exact) mass is 388 g/mol. The molecule has 1 aliphatic rings. The van der Waals surface area contributed by atoms with Gasteiger partial charge in [-0.05, 0) is 47.4 Å². The number of halogens is 3. The molecule has 108 valence electrons. The molecule has 1 aromatic carbocycles. The molecule has 19 heavy (non-hydrogen) atoms. The molecule has 0 radical (unpaired) electrons. The van der Waals surface area contributed by atoms with Gasteiger partial charge in [-0.15, -0.1) is 12.4 Å². The van der Waals surface area contributed by atoms with Crippen molar-refractivity contribution in [3.8, 4) is 0 Å². The van der Waals surface area contributed by atoms with Gasteiger partial charge in [0.2, 0.25) is 10.0 Å². The molecule has 1 fully saturated rings. The van der Waals surface area contributed by atoms with E-state index in [0.29, 0.717) is 11.0 Å². The zero-order valence-electron chi connectivity index (χ0n) is 10.0. The van der Waals surface area contributed by atoms with E-state index in [9.17, 15) is 8.42 Å². The van der Waals surface area contributed by atoms with Crippen molar-refractivity contribution in [2.24, 2.45) is 0 Å². The highest BCUT2D eigenvalue weighted by molar-refractivity contribution is 9.10. The fourth-order valence-electron chi connectivity index (χ4n) is 1.95. The van der Waals surface area contributed by atoms with Gasteiger partial charge in [-0.3, -0.25) is 0 Å². The summed E-state index contributed by atoms with van der Waals surface area (Å²) in [7, 11) is -3.58. The molecule has 1 aliphatic heterocycles. The molecule has 1 unspecified atom stereocenters. The summed E-state index contributed by atoms with van der Waals surface area (Å²) in [5.41, 5.74) is 0. The van der Waals surface area contributed by atoms with E-state index in [1.54, 1.807) is 18.2 Å². The predicted molar refractivity (Wildman–Crippen MR) is 82.6 cm³/mol. The Morgan fingerprint density at radius 1 is 1.47 bits per heavy atom. The maximum absolute atomic E-state index is 12.2. The van der Waals surface area contributed by atoms with Gasteiger partial charge >= 0.3 is 0 Å². The van der Waals surface area contributed by atoms with Crippen LogP contribution in [0, 0.1) is 0 Å². The third-order valence-electron chi connectivity index (χ3n) is 2.87. The minimum atomic E-state index is -3.58. The number of rotatable bonds is 4. The van der Waals surface area contributed by atoms with Gasteiger partial charge in [-0.2, -0.15) is 0 Å². The average Bonchev–Trinajstić information content (AvgIpc) is 2.78. The maximum atomic E-state index is 12.2. The first-order valence-electron chi connectivity index (χ1n) is 5.68. The van der Waals surface area contributed by atoms with Crippen LogP contribution < -0.4 is 10.0 Å². The van der Waals surface area contributed by atoms with Crippen molar-refractivity contribution in [1.82, 2.24) is 10.0 Å². The summed E-state index contributed by atoms with van der Waals surface area (Å²) in [6.07, 6.45) is 2.08. The number of hydrogen-bond donors (Lipinski definition) is 2. The number of benzene rings is 1. The molecule has 1 saturated heterocycles. The fraction of sp³-hybridized carbons (Fsp3) is 0.455. The molecule has 0 bridgehead atoms. The zero-order valence-corrected chi connectivity index (χ0v) is 14.0. The Hall–Kier alpha value is 0.150. The molecule has 1 aromatic rings. The van der Waals surface area contributed by atoms with Crippen LogP contribution in [0.5, 0.6) is 0 Å². The lowest BCUT2D eigenvalue weighted by molar-refractivity contribution is 0.551. The third kappa shape index (κ3) is 4.31. The molecule has 8 heteroatoms. The third-order valence-corrected chi connectivity index (χ3v) is 5.74. The van der Waals surface area contributed by atoms with Crippen LogP contribution >= 0.6 is 39.9 Å². The molecular formula is C11H15BrCl2N2O2S. The fourth-order valence-corrected chi connectivity index (χ4v) is 4.77. The zero-order chi connectivity index (χ0) is 13.2. The Balaban J connectivity index is 0.00000180. The standard InChI is InChI=1S/C11H14BrClN2O2S.ClH/c12-9-4-1-5-10(13)11(9)18(16,17)15-7-8-3-2-6-14-8;/h1,4-5,8,14-15H,2-3,6-7H2;1H. The maximum Gasteiger partial charge on any atom is 0.243 e. The highest BCUT2D eigenvalue weighted by Crippen LogP contribution is 2.29. The van der Waals surface area contributed by atoms with Gasteiger partial charge in [0.25, 0.3) is 0 Å². The Morgan fingerprint density at radius 3 is 2.79 bits per heavy atom. The van der Waals surface area contributed by atoms with Crippen molar-refractivity contribution in [2.75, 3.05) is 13.1 Å². The molecule has 4 nitrogen and oxygen atoms in total. The van der Waals surface area contributed by atoms with Crippen LogP contribution in [0.1, 0.15) is 12.8 Å². The summed E-state index contributed by atoms with van der Waals surface area (Å²) in [6.45, 7) is 1.34. The number of sulfonamides is 1. The van der Waals surface area contributed by atoms with Crippen LogP contribution in [-0.4, -0.2) is 27.5 Å². The lowest BCUT2D eigenvalue weighted by Gasteiger charge is -2.13. The van der Waals surface area contributed by atoms with Crippen LogP contribution in [0.25, 0.3) is 0 Å². The van der Waals surface area contributed by atoms with E-state index < -0.39 is 10.0 Å². The summed E-state index contributed by atoms with van der Waals surface area (Å²) in [4.78, 5) is 0.102. The van der Waals surface area contributed by atoms with Gasteiger partial charge in [-0.1, -0.05) is 17.7 Å². The second kappa shape index (κ2) is 7.24. The van der Waals surface area contributed by atoms with E-state index in [4.69, 9.17) is 11.6 Å². The van der Waals surface area contributed by atoms with Gasteiger partial charge in [0.05, 0.1) is 5.02 Å². The quantitative estimate of drug-likeness (QED) is 0.831. The second-order valence-electron chi connectivity index (χ2n) is 4.20. The van der Waals surface area contributed by atoms with Gasteiger partial charge in [0.1, 0.15) is 4.90 Å².